The van der Waals surface area contributed by atoms with E-state index in [0.717, 1.165) is 19.3 Å². The maximum absolute atomic E-state index is 12.0. The Morgan fingerprint density at radius 2 is 2.13 bits per heavy atom. The number of hydrogen-bond acceptors (Lipinski definition) is 1. The van der Waals surface area contributed by atoms with Crippen molar-refractivity contribution >= 4 is 5.91 Å². The highest BCUT2D eigenvalue weighted by Gasteiger charge is 2.34. The minimum Gasteiger partial charge on any atom is -0.342 e. The van der Waals surface area contributed by atoms with Gasteiger partial charge in [0.25, 0.3) is 0 Å². The molecule has 0 N–H and O–H groups in total. The molecule has 0 spiro atoms. The van der Waals surface area contributed by atoms with Crippen LogP contribution in [0.1, 0.15) is 32.6 Å². The zero-order valence-corrected chi connectivity index (χ0v) is 8.81. The van der Waals surface area contributed by atoms with Crippen molar-refractivity contribution in [2.45, 2.75) is 38.8 Å². The summed E-state index contributed by atoms with van der Waals surface area (Å²) in [5.74, 6) is -0.406. The molecule has 15 heavy (non-hydrogen) atoms. The average Bonchev–Trinajstić information content (AvgIpc) is 2.15. The number of amides is 1. The zero-order valence-electron chi connectivity index (χ0n) is 8.81. The molecule has 88 valence electrons. The van der Waals surface area contributed by atoms with E-state index in [0.29, 0.717) is 19.0 Å². The van der Waals surface area contributed by atoms with Crippen LogP contribution in [0.2, 0.25) is 0 Å². The monoisotopic (exact) mass is 223 g/mol. The quantitative estimate of drug-likeness (QED) is 0.704. The van der Waals surface area contributed by atoms with Crippen LogP contribution in [0.25, 0.3) is 0 Å². The summed E-state index contributed by atoms with van der Waals surface area (Å²) in [6, 6.07) is 0. The largest absolute Gasteiger partial charge is 0.397 e. The van der Waals surface area contributed by atoms with Gasteiger partial charge in [0.05, 0.1) is 0 Å². The molecule has 0 bridgehead atoms. The highest BCUT2D eigenvalue weighted by Crippen LogP contribution is 2.24. The third-order valence-electron chi connectivity index (χ3n) is 2.80. The van der Waals surface area contributed by atoms with Crippen LogP contribution in [-0.2, 0) is 4.79 Å². The molecule has 1 heterocycles. The zero-order chi connectivity index (χ0) is 11.5. The number of alkyl halides is 3. The first-order valence-electron chi connectivity index (χ1n) is 5.27. The lowest BCUT2D eigenvalue weighted by molar-refractivity contribution is -0.162. The smallest absolute Gasteiger partial charge is 0.342 e. The first-order valence-corrected chi connectivity index (χ1v) is 5.27. The molecule has 0 aromatic carbocycles. The molecule has 1 fully saturated rings. The minimum atomic E-state index is -4.38. The summed E-state index contributed by atoms with van der Waals surface area (Å²) in [7, 11) is 0. The summed E-state index contributed by atoms with van der Waals surface area (Å²) in [6.45, 7) is 2.97. The fourth-order valence-electron chi connectivity index (χ4n) is 1.91. The van der Waals surface area contributed by atoms with Gasteiger partial charge < -0.3 is 4.90 Å². The Kier molecular flexibility index (Phi) is 3.99. The van der Waals surface area contributed by atoms with Crippen LogP contribution in [0.15, 0.2) is 0 Å². The molecular weight excluding hydrogens is 207 g/mol. The summed E-state index contributed by atoms with van der Waals surface area (Å²) in [6.07, 6.45) is -2.93. The molecule has 0 aromatic rings. The molecule has 0 aliphatic carbocycles. The summed E-state index contributed by atoms with van der Waals surface area (Å²) in [5.41, 5.74) is 0. The second-order valence-corrected chi connectivity index (χ2v) is 4.05. The molecule has 1 rings (SSSR count). The first kappa shape index (κ1) is 12.3. The number of halogens is 3. The lowest BCUT2D eigenvalue weighted by atomic mass is 9.95. The molecule has 5 heteroatoms. The van der Waals surface area contributed by atoms with Crippen molar-refractivity contribution in [3.05, 3.63) is 0 Å². The Labute approximate surface area is 87.4 Å². The normalized spacial score (nSPS) is 22.9. The van der Waals surface area contributed by atoms with Gasteiger partial charge in [-0.25, -0.2) is 0 Å². The average molecular weight is 223 g/mol. The summed E-state index contributed by atoms with van der Waals surface area (Å²) in [4.78, 5) is 12.6. The molecule has 1 aliphatic heterocycles. The van der Waals surface area contributed by atoms with Crippen LogP contribution in [0, 0.1) is 5.92 Å². The molecule has 0 unspecified atom stereocenters. The Bertz CT molecular complexity index is 227. The number of nitrogens with zero attached hydrogens (tertiary/aromatic N) is 1. The van der Waals surface area contributed by atoms with Crippen molar-refractivity contribution in [3.63, 3.8) is 0 Å². The van der Waals surface area contributed by atoms with Crippen LogP contribution in [0.3, 0.4) is 0 Å². The van der Waals surface area contributed by atoms with Crippen LogP contribution in [0.5, 0.6) is 0 Å². The van der Waals surface area contributed by atoms with E-state index < -0.39 is 18.5 Å². The Balaban J connectivity index is 2.45. The summed E-state index contributed by atoms with van der Waals surface area (Å²) >= 11 is 0. The molecular formula is C10H16F3NO. The van der Waals surface area contributed by atoms with Crippen molar-refractivity contribution in [3.8, 4) is 0 Å². The van der Waals surface area contributed by atoms with E-state index in [1.807, 2.05) is 6.92 Å². The number of piperidine rings is 1. The number of rotatable bonds is 2. The maximum atomic E-state index is 12.0. The van der Waals surface area contributed by atoms with E-state index in [-0.39, 0.29) is 0 Å². The topological polar surface area (TPSA) is 20.3 Å². The van der Waals surface area contributed by atoms with E-state index in [4.69, 9.17) is 0 Å². The second kappa shape index (κ2) is 4.86. The Morgan fingerprint density at radius 3 is 2.67 bits per heavy atom. The highest BCUT2D eigenvalue weighted by molar-refractivity contribution is 5.76. The predicted octanol–water partition coefficient (Wildman–Crippen LogP) is 2.59. The molecule has 0 saturated carbocycles. The van der Waals surface area contributed by atoms with Crippen molar-refractivity contribution < 1.29 is 18.0 Å². The van der Waals surface area contributed by atoms with Crippen LogP contribution >= 0.6 is 0 Å². The maximum Gasteiger partial charge on any atom is 0.397 e. The van der Waals surface area contributed by atoms with Gasteiger partial charge in [0, 0.05) is 13.1 Å². The minimum absolute atomic E-state index is 0.371. The van der Waals surface area contributed by atoms with Gasteiger partial charge in [0.15, 0.2) is 0 Å². The SMILES string of the molecule is CC[C@@H]1CCCN(C(=O)CC(F)(F)F)C1. The van der Waals surface area contributed by atoms with Gasteiger partial charge in [0.2, 0.25) is 5.91 Å². The molecule has 1 amide bonds. The van der Waals surface area contributed by atoms with Gasteiger partial charge in [0.1, 0.15) is 6.42 Å². The number of hydrogen-bond donors (Lipinski definition) is 0. The molecule has 1 saturated heterocycles. The van der Waals surface area contributed by atoms with Gasteiger partial charge in [-0.1, -0.05) is 13.3 Å². The number of carbonyl (C=O) groups excluding carboxylic acids is 1. The lowest BCUT2D eigenvalue weighted by Crippen LogP contribution is -2.41. The second-order valence-electron chi connectivity index (χ2n) is 4.05. The predicted molar refractivity (Wildman–Crippen MR) is 50.3 cm³/mol. The lowest BCUT2D eigenvalue weighted by Gasteiger charge is -2.32. The fraction of sp³-hybridized carbons (Fsp3) is 0.900. The van der Waals surface area contributed by atoms with E-state index in [1.165, 1.54) is 4.90 Å². The van der Waals surface area contributed by atoms with Crippen molar-refractivity contribution in [1.29, 1.82) is 0 Å². The van der Waals surface area contributed by atoms with E-state index in [1.54, 1.807) is 0 Å². The van der Waals surface area contributed by atoms with Crippen molar-refractivity contribution in [2.24, 2.45) is 5.92 Å². The first-order chi connectivity index (χ1) is 6.92. The molecule has 2 nitrogen and oxygen atoms in total. The molecule has 1 atom stereocenters. The van der Waals surface area contributed by atoms with Gasteiger partial charge in [-0.3, -0.25) is 4.79 Å². The van der Waals surface area contributed by atoms with Crippen LogP contribution in [0.4, 0.5) is 13.2 Å². The summed E-state index contributed by atoms with van der Waals surface area (Å²) < 4.78 is 36.0. The number of carbonyl (C=O) groups is 1. The van der Waals surface area contributed by atoms with Crippen LogP contribution < -0.4 is 0 Å². The van der Waals surface area contributed by atoms with Crippen molar-refractivity contribution in [2.75, 3.05) is 13.1 Å². The highest BCUT2D eigenvalue weighted by atomic mass is 19.4. The fourth-order valence-corrected chi connectivity index (χ4v) is 1.91. The third kappa shape index (κ3) is 4.10. The van der Waals surface area contributed by atoms with E-state index in [2.05, 4.69) is 0 Å². The van der Waals surface area contributed by atoms with E-state index >= 15 is 0 Å². The Morgan fingerprint density at radius 1 is 1.47 bits per heavy atom. The van der Waals surface area contributed by atoms with Crippen LogP contribution in [-0.4, -0.2) is 30.1 Å². The summed E-state index contributed by atoms with van der Waals surface area (Å²) in [5, 5.41) is 0. The third-order valence-corrected chi connectivity index (χ3v) is 2.80. The molecule has 0 aromatic heterocycles. The standard InChI is InChI=1S/C10H16F3NO/c1-2-8-4-3-5-14(7-8)9(15)6-10(11,12)13/h8H,2-7H2,1H3/t8-/m1/s1. The van der Waals surface area contributed by atoms with Crippen molar-refractivity contribution in [1.82, 2.24) is 4.90 Å². The Hall–Kier alpha value is -0.740. The molecule has 0 radical (unpaired) electrons. The van der Waals surface area contributed by atoms with Gasteiger partial charge >= 0.3 is 6.18 Å². The van der Waals surface area contributed by atoms with Gasteiger partial charge in [-0.05, 0) is 18.8 Å². The van der Waals surface area contributed by atoms with Gasteiger partial charge in [-0.15, -0.1) is 0 Å². The van der Waals surface area contributed by atoms with Gasteiger partial charge in [-0.2, -0.15) is 13.2 Å². The molecule has 1 aliphatic rings. The number of likely N-dealkylation sites (tertiary alicyclic amines) is 1. The van der Waals surface area contributed by atoms with E-state index in [9.17, 15) is 18.0 Å².